The second-order valence-corrected chi connectivity index (χ2v) is 18.7. The maximum atomic E-state index is 14.1. The van der Waals surface area contributed by atoms with E-state index in [1.54, 1.807) is 40.5 Å². The summed E-state index contributed by atoms with van der Waals surface area (Å²) in [5.74, 6) is 2.39. The number of alkyl halides is 6. The molecule has 0 unspecified atom stereocenters. The van der Waals surface area contributed by atoms with Gasteiger partial charge in [0.15, 0.2) is 34.6 Å². The highest BCUT2D eigenvalue weighted by Crippen LogP contribution is 2.40. The van der Waals surface area contributed by atoms with Gasteiger partial charge in [-0.2, -0.15) is 35.4 Å². The average molecular weight is 1010 g/mol. The van der Waals surface area contributed by atoms with Crippen molar-refractivity contribution in [3.8, 4) is 0 Å². The van der Waals surface area contributed by atoms with Crippen LogP contribution in [0, 0.1) is 13.8 Å². The predicted octanol–water partition coefficient (Wildman–Crippen LogP) is 8.27. The number of nitrogens with zero attached hydrogens (tertiary/aromatic N) is 12. The van der Waals surface area contributed by atoms with E-state index in [4.69, 9.17) is 30.4 Å². The normalized spacial score (nSPS) is 17.4. The van der Waals surface area contributed by atoms with Crippen molar-refractivity contribution < 1.29 is 35.8 Å². The Balaban J connectivity index is 0.000000179. The van der Waals surface area contributed by atoms with Gasteiger partial charge in [0, 0.05) is 88.0 Å². The highest BCUT2D eigenvalue weighted by molar-refractivity contribution is 5.78. The number of nitrogen functional groups attached to an aromatic ring is 1. The van der Waals surface area contributed by atoms with Gasteiger partial charge in [-0.1, -0.05) is 12.1 Å². The molecule has 10 rings (SSSR count). The molecule has 4 aromatic heterocycles. The molecule has 0 saturated carbocycles. The monoisotopic (exact) mass is 1010 g/mol. The van der Waals surface area contributed by atoms with Gasteiger partial charge in [0.25, 0.3) is 0 Å². The molecule has 6 aromatic rings. The van der Waals surface area contributed by atoms with Crippen molar-refractivity contribution in [3.63, 3.8) is 0 Å². The minimum atomic E-state index is -4.46. The number of hydrogen-bond donors (Lipinski definition) is 3. The molecule has 2 aromatic carbocycles. The van der Waals surface area contributed by atoms with Gasteiger partial charge >= 0.3 is 12.4 Å². The minimum Gasteiger partial charge on any atom is -0.396 e. The fraction of sp³-hybridized carbons (Fsp3) is 0.490. The third-order valence-electron chi connectivity index (χ3n) is 13.2. The zero-order chi connectivity index (χ0) is 50.7. The van der Waals surface area contributed by atoms with Crippen LogP contribution >= 0.6 is 0 Å². The quantitative estimate of drug-likeness (QED) is 0.0612. The van der Waals surface area contributed by atoms with E-state index >= 15 is 0 Å². The van der Waals surface area contributed by atoms with Crippen LogP contribution in [-0.4, -0.2) is 143 Å². The third-order valence-corrected chi connectivity index (χ3v) is 13.2. The first kappa shape index (κ1) is 50.5. The van der Waals surface area contributed by atoms with Crippen LogP contribution in [0.1, 0.15) is 59.3 Å². The number of benzene rings is 2. The molecule has 4 aliphatic rings. The standard InChI is InChI=1S/C26H33F3N8O.C23H28F3N7O/c1-18-24(32-21-8-6-7-20(26(27,28)29)19(21)16-35-9-4-5-10-35)37-25(31-18)22(30-17-34(2)3)15-23(33-37)36-11-13-38-14-12-36;1-15-21(33-22(28-15)18(27)13-20(30-33)32-9-11-34-12-10-32)29-19-6-4-5-17(23(24,25)26)16(19)14-31-7-2-3-8-31/h6-8,15,17,32H,4-5,9-14,16H2,1-3H3;4-6,13,29H,2-3,7-12,14,27H2,1H3. The molecule has 8 heterocycles. The van der Waals surface area contributed by atoms with Crippen LogP contribution in [0.2, 0.25) is 0 Å². The van der Waals surface area contributed by atoms with Gasteiger partial charge in [0.2, 0.25) is 0 Å². The summed E-state index contributed by atoms with van der Waals surface area (Å²) in [4.78, 5) is 24.0. The molecule has 0 spiro atoms. The van der Waals surface area contributed by atoms with Gasteiger partial charge in [-0.3, -0.25) is 9.80 Å². The van der Waals surface area contributed by atoms with E-state index in [2.05, 4.69) is 40.2 Å². The number of morpholine rings is 2. The molecule has 0 amide bonds. The van der Waals surface area contributed by atoms with Gasteiger partial charge in [0.1, 0.15) is 5.69 Å². The molecule has 17 nitrogen and oxygen atoms in total. The van der Waals surface area contributed by atoms with E-state index in [1.165, 1.54) is 12.1 Å². The maximum Gasteiger partial charge on any atom is 0.416 e. The van der Waals surface area contributed by atoms with E-state index in [0.29, 0.717) is 121 Å². The Morgan fingerprint density at radius 3 is 1.51 bits per heavy atom. The minimum absolute atomic E-state index is 0.221. The first-order valence-corrected chi connectivity index (χ1v) is 24.3. The van der Waals surface area contributed by atoms with Gasteiger partial charge in [-0.25, -0.2) is 15.0 Å². The lowest BCUT2D eigenvalue weighted by Crippen LogP contribution is -2.37. The Bertz CT molecular complexity index is 2880. The van der Waals surface area contributed by atoms with E-state index in [-0.39, 0.29) is 24.2 Å². The fourth-order valence-electron chi connectivity index (χ4n) is 9.55. The molecule has 4 aliphatic heterocycles. The largest absolute Gasteiger partial charge is 0.416 e. The second-order valence-electron chi connectivity index (χ2n) is 18.7. The summed E-state index contributed by atoms with van der Waals surface area (Å²) in [5, 5.41) is 16.1. The molecule has 4 fully saturated rings. The fourth-order valence-corrected chi connectivity index (χ4v) is 9.55. The molecular weight excluding hydrogens is 945 g/mol. The van der Waals surface area contributed by atoms with Crippen molar-refractivity contribution in [2.75, 3.05) is 119 Å². The van der Waals surface area contributed by atoms with E-state index in [1.807, 2.05) is 32.0 Å². The second kappa shape index (κ2) is 21.3. The number of imidazole rings is 2. The lowest BCUT2D eigenvalue weighted by atomic mass is 10.0. The highest BCUT2D eigenvalue weighted by Gasteiger charge is 2.37. The summed E-state index contributed by atoms with van der Waals surface area (Å²) in [6, 6.07) is 12.2. The highest BCUT2D eigenvalue weighted by atomic mass is 19.4. The molecule has 4 saturated heterocycles. The summed E-state index contributed by atoms with van der Waals surface area (Å²) in [6.45, 7) is 12.3. The van der Waals surface area contributed by atoms with Crippen molar-refractivity contribution in [3.05, 3.63) is 82.2 Å². The number of likely N-dealkylation sites (tertiary alicyclic amines) is 2. The van der Waals surface area contributed by atoms with Gasteiger partial charge < -0.3 is 40.5 Å². The summed E-state index contributed by atoms with van der Waals surface area (Å²) in [6.07, 6.45) is -3.24. The Morgan fingerprint density at radius 2 is 1.07 bits per heavy atom. The number of rotatable bonds is 12. The molecule has 0 atom stereocenters. The number of halogens is 6. The summed E-state index contributed by atoms with van der Waals surface area (Å²) in [5.41, 5.74) is 9.55. The van der Waals surface area contributed by atoms with Gasteiger partial charge in [-0.05, 0) is 90.0 Å². The topological polar surface area (TPSA) is 157 Å². The molecule has 0 aliphatic carbocycles. The van der Waals surface area contributed by atoms with Crippen LogP contribution in [0.5, 0.6) is 0 Å². The number of fused-ring (bicyclic) bond motifs is 2. The Kier molecular flexibility index (Phi) is 15.0. The van der Waals surface area contributed by atoms with Crippen molar-refractivity contribution >= 4 is 63.7 Å². The van der Waals surface area contributed by atoms with Crippen molar-refractivity contribution in [1.82, 2.24) is 43.9 Å². The van der Waals surface area contributed by atoms with Crippen LogP contribution in [0.15, 0.2) is 53.5 Å². The number of anilines is 7. The van der Waals surface area contributed by atoms with E-state index in [0.717, 1.165) is 64.0 Å². The summed E-state index contributed by atoms with van der Waals surface area (Å²) >= 11 is 0. The number of aryl methyl sites for hydroxylation is 2. The summed E-state index contributed by atoms with van der Waals surface area (Å²) in [7, 11) is 3.76. The Labute approximate surface area is 413 Å². The number of ether oxygens (including phenoxy) is 2. The number of hydrogen-bond acceptors (Lipinski definition) is 14. The maximum absolute atomic E-state index is 14.1. The van der Waals surface area contributed by atoms with Crippen molar-refractivity contribution in [2.45, 2.75) is 65.0 Å². The van der Waals surface area contributed by atoms with Gasteiger partial charge in [-0.15, -0.1) is 10.2 Å². The van der Waals surface area contributed by atoms with E-state index in [9.17, 15) is 26.3 Å². The molecule has 0 radical (unpaired) electrons. The summed E-state index contributed by atoms with van der Waals surface area (Å²) < 4.78 is 98.1. The molecular formula is C49H61F6N15O2. The molecule has 72 heavy (non-hydrogen) atoms. The first-order chi connectivity index (χ1) is 34.5. The predicted molar refractivity (Wildman–Crippen MR) is 266 cm³/mol. The Morgan fingerprint density at radius 1 is 0.639 bits per heavy atom. The Hall–Kier alpha value is -6.43. The number of aliphatic imine (C=N–C) groups is 1. The first-order valence-electron chi connectivity index (χ1n) is 24.3. The number of aromatic nitrogens is 6. The zero-order valence-electron chi connectivity index (χ0n) is 41.0. The smallest absolute Gasteiger partial charge is 0.396 e. The zero-order valence-corrected chi connectivity index (χ0v) is 41.0. The average Bonchev–Trinajstić information content (AvgIpc) is 4.19. The van der Waals surface area contributed by atoms with E-state index < -0.39 is 23.5 Å². The molecule has 0 bridgehead atoms. The lowest BCUT2D eigenvalue weighted by molar-refractivity contribution is -0.139. The number of nitrogens with two attached hydrogens (primary N) is 1. The SMILES string of the molecule is Cc1nc2c(N)cc(N3CCOCC3)nn2c1Nc1cccc(C(F)(F)F)c1CN1CCCC1.Cc1nc2c(N=CN(C)C)cc(N3CCOCC3)nn2c1Nc1cccc(C(F)(F)F)c1CN1CCCC1. The van der Waals surface area contributed by atoms with Crippen LogP contribution in [0.25, 0.3) is 11.3 Å². The molecule has 4 N–H and O–H groups in total. The van der Waals surface area contributed by atoms with Crippen LogP contribution < -0.4 is 26.2 Å². The van der Waals surface area contributed by atoms with Crippen LogP contribution in [0.3, 0.4) is 0 Å². The lowest BCUT2D eigenvalue weighted by Gasteiger charge is -2.28. The van der Waals surface area contributed by atoms with Crippen molar-refractivity contribution in [1.29, 1.82) is 0 Å². The van der Waals surface area contributed by atoms with Crippen LogP contribution in [0.4, 0.5) is 72.4 Å². The molecule has 23 heteroatoms. The van der Waals surface area contributed by atoms with Crippen LogP contribution in [-0.2, 0) is 34.9 Å². The number of nitrogens with one attached hydrogen (secondary N) is 2. The van der Waals surface area contributed by atoms with Crippen molar-refractivity contribution in [2.24, 2.45) is 4.99 Å². The third kappa shape index (κ3) is 11.3. The molecule has 386 valence electrons. The van der Waals surface area contributed by atoms with Gasteiger partial charge in [0.05, 0.1) is 61.0 Å².